The highest BCUT2D eigenvalue weighted by Gasteiger charge is 2.52. The van der Waals surface area contributed by atoms with Crippen LogP contribution in [0.25, 0.3) is 0 Å². The van der Waals surface area contributed by atoms with Crippen LogP contribution in [0.1, 0.15) is 52.1 Å². The fourth-order valence-corrected chi connectivity index (χ4v) is 2.30. The minimum absolute atomic E-state index is 0.278. The zero-order valence-corrected chi connectivity index (χ0v) is 13.3. The van der Waals surface area contributed by atoms with E-state index in [-0.39, 0.29) is 18.3 Å². The molecule has 122 valence electrons. The summed E-state index contributed by atoms with van der Waals surface area (Å²) in [6, 6.07) is 4.05. The van der Waals surface area contributed by atoms with Gasteiger partial charge in [-0.25, -0.2) is 0 Å². The first kappa shape index (κ1) is 17.3. The normalized spacial score (nSPS) is 22.5. The van der Waals surface area contributed by atoms with E-state index in [0.717, 1.165) is 11.2 Å². The standard InChI is InChI=1S/C14H20BNO2.CHF3/c1-13(2)14(3,4)18-15(17-13)11-6-5-9-16-12(11)10-7-8-10;2-1(3)4/h5-6,9-10H,7-8H2,1-4H3;1H. The molecule has 0 bridgehead atoms. The lowest BCUT2D eigenvalue weighted by Gasteiger charge is -2.32. The Bertz CT molecular complexity index is 503. The number of nitrogens with zero attached hydrogens (tertiary/aromatic N) is 1. The number of hydrogen-bond donors (Lipinski definition) is 0. The SMILES string of the molecule is CC1(C)OB(c2cccnc2C2CC2)OC1(C)C.FC(F)F. The molecule has 0 spiro atoms. The van der Waals surface area contributed by atoms with Crippen molar-refractivity contribution in [1.29, 1.82) is 0 Å². The van der Waals surface area contributed by atoms with Crippen LogP contribution < -0.4 is 5.46 Å². The van der Waals surface area contributed by atoms with Crippen molar-refractivity contribution in [1.82, 2.24) is 4.98 Å². The predicted octanol–water partition coefficient (Wildman–Crippen LogP) is 3.44. The Morgan fingerprint density at radius 3 is 2.09 bits per heavy atom. The summed E-state index contributed by atoms with van der Waals surface area (Å²) in [7, 11) is -0.278. The lowest BCUT2D eigenvalue weighted by molar-refractivity contribution is 0.00578. The van der Waals surface area contributed by atoms with Crippen molar-refractivity contribution in [3.63, 3.8) is 0 Å². The molecular weight excluding hydrogens is 294 g/mol. The third-order valence-corrected chi connectivity index (χ3v) is 4.34. The summed E-state index contributed by atoms with van der Waals surface area (Å²) < 4.78 is 41.2. The fraction of sp³-hybridized carbons (Fsp3) is 0.667. The van der Waals surface area contributed by atoms with Gasteiger partial charge in [0.1, 0.15) is 0 Å². The molecule has 1 saturated carbocycles. The Morgan fingerprint density at radius 1 is 1.14 bits per heavy atom. The summed E-state index contributed by atoms with van der Waals surface area (Å²) in [5.74, 6) is 0.611. The molecule has 3 rings (SSSR count). The number of pyridine rings is 1. The average molecular weight is 315 g/mol. The molecule has 0 aromatic carbocycles. The zero-order chi connectivity index (χ0) is 16.5. The maximum Gasteiger partial charge on any atom is 0.496 e. The van der Waals surface area contributed by atoms with Crippen LogP contribution in [0.3, 0.4) is 0 Å². The number of aromatic nitrogens is 1. The highest BCUT2D eigenvalue weighted by Crippen LogP contribution is 2.40. The second kappa shape index (κ2) is 6.20. The summed E-state index contributed by atoms with van der Waals surface area (Å²) in [5.41, 5.74) is 1.71. The van der Waals surface area contributed by atoms with Crippen molar-refractivity contribution >= 4 is 12.6 Å². The maximum absolute atomic E-state index is 9.67. The molecule has 1 saturated heterocycles. The highest BCUT2D eigenvalue weighted by molar-refractivity contribution is 6.62. The van der Waals surface area contributed by atoms with E-state index in [9.17, 15) is 13.2 Å². The lowest BCUT2D eigenvalue weighted by Crippen LogP contribution is -2.41. The van der Waals surface area contributed by atoms with E-state index in [2.05, 4.69) is 38.7 Å². The van der Waals surface area contributed by atoms with E-state index in [1.165, 1.54) is 12.8 Å². The molecule has 1 aromatic heterocycles. The summed E-state index contributed by atoms with van der Waals surface area (Å²) in [4.78, 5) is 4.52. The Labute approximate surface area is 129 Å². The number of halogens is 3. The minimum Gasteiger partial charge on any atom is -0.399 e. The highest BCUT2D eigenvalue weighted by atomic mass is 19.4. The molecular formula is C15H21BF3NO2. The monoisotopic (exact) mass is 315 g/mol. The third kappa shape index (κ3) is 3.81. The van der Waals surface area contributed by atoms with Crippen LogP contribution in [0.5, 0.6) is 0 Å². The molecule has 0 N–H and O–H groups in total. The van der Waals surface area contributed by atoms with Crippen molar-refractivity contribution < 1.29 is 22.5 Å². The number of hydrogen-bond acceptors (Lipinski definition) is 3. The van der Waals surface area contributed by atoms with Gasteiger partial charge >= 0.3 is 13.8 Å². The summed E-state index contributed by atoms with van der Waals surface area (Å²) in [6.07, 6.45) is 4.34. The molecule has 7 heteroatoms. The van der Waals surface area contributed by atoms with Gasteiger partial charge in [0.2, 0.25) is 0 Å². The molecule has 0 atom stereocenters. The zero-order valence-electron chi connectivity index (χ0n) is 13.3. The lowest BCUT2D eigenvalue weighted by atomic mass is 9.77. The van der Waals surface area contributed by atoms with Crippen molar-refractivity contribution in [2.45, 2.75) is 64.3 Å². The van der Waals surface area contributed by atoms with Crippen LogP contribution >= 0.6 is 0 Å². The number of rotatable bonds is 2. The second-order valence-corrected chi connectivity index (χ2v) is 6.59. The Morgan fingerprint density at radius 2 is 1.64 bits per heavy atom. The van der Waals surface area contributed by atoms with E-state index in [1.54, 1.807) is 0 Å². The first-order valence-corrected chi connectivity index (χ1v) is 7.37. The van der Waals surface area contributed by atoms with Crippen LogP contribution in [0.4, 0.5) is 13.2 Å². The minimum atomic E-state index is -3.67. The first-order valence-electron chi connectivity index (χ1n) is 7.37. The van der Waals surface area contributed by atoms with Crippen molar-refractivity contribution in [3.8, 4) is 0 Å². The smallest absolute Gasteiger partial charge is 0.399 e. The van der Waals surface area contributed by atoms with Crippen molar-refractivity contribution in [3.05, 3.63) is 24.0 Å². The van der Waals surface area contributed by atoms with E-state index < -0.39 is 6.68 Å². The van der Waals surface area contributed by atoms with Crippen LogP contribution in [0.15, 0.2) is 18.3 Å². The van der Waals surface area contributed by atoms with Crippen molar-refractivity contribution in [2.24, 2.45) is 0 Å². The molecule has 0 unspecified atom stereocenters. The largest absolute Gasteiger partial charge is 0.496 e. The Kier molecular flexibility index (Phi) is 4.87. The molecule has 2 aliphatic rings. The van der Waals surface area contributed by atoms with E-state index in [4.69, 9.17) is 9.31 Å². The third-order valence-electron chi connectivity index (χ3n) is 4.34. The molecule has 2 heterocycles. The van der Waals surface area contributed by atoms with Crippen LogP contribution in [-0.2, 0) is 9.31 Å². The van der Waals surface area contributed by atoms with Gasteiger partial charge in [-0.3, -0.25) is 4.98 Å². The van der Waals surface area contributed by atoms with Gasteiger partial charge in [-0.15, -0.1) is 0 Å². The van der Waals surface area contributed by atoms with E-state index >= 15 is 0 Å². The van der Waals surface area contributed by atoms with E-state index in [0.29, 0.717) is 5.92 Å². The Hall–Kier alpha value is -1.08. The Balaban J connectivity index is 0.000000396. The maximum atomic E-state index is 9.67. The quantitative estimate of drug-likeness (QED) is 0.784. The molecule has 1 aliphatic heterocycles. The van der Waals surface area contributed by atoms with Crippen LogP contribution in [0, 0.1) is 0 Å². The molecule has 1 aromatic rings. The van der Waals surface area contributed by atoms with Crippen molar-refractivity contribution in [2.75, 3.05) is 0 Å². The predicted molar refractivity (Wildman–Crippen MR) is 79.0 cm³/mol. The molecule has 1 aliphatic carbocycles. The molecule has 0 amide bonds. The van der Waals surface area contributed by atoms with Gasteiger partial charge in [0.15, 0.2) is 0 Å². The second-order valence-electron chi connectivity index (χ2n) is 6.59. The van der Waals surface area contributed by atoms with Gasteiger partial charge in [0.05, 0.1) is 11.2 Å². The van der Waals surface area contributed by atoms with Gasteiger partial charge < -0.3 is 9.31 Å². The molecule has 2 fully saturated rings. The molecule has 22 heavy (non-hydrogen) atoms. The fourth-order valence-electron chi connectivity index (χ4n) is 2.30. The molecule has 0 radical (unpaired) electrons. The summed E-state index contributed by atoms with van der Waals surface area (Å²) in [6.45, 7) is 4.67. The summed E-state index contributed by atoms with van der Waals surface area (Å²) in [5, 5.41) is 0. The van der Waals surface area contributed by atoms with E-state index in [1.807, 2.05) is 12.3 Å². The first-order chi connectivity index (χ1) is 10.1. The van der Waals surface area contributed by atoms with Gasteiger partial charge in [0, 0.05) is 23.3 Å². The topological polar surface area (TPSA) is 31.4 Å². The van der Waals surface area contributed by atoms with Gasteiger partial charge in [-0.2, -0.15) is 13.2 Å². The van der Waals surface area contributed by atoms with Crippen LogP contribution in [0.2, 0.25) is 0 Å². The van der Waals surface area contributed by atoms with Gasteiger partial charge in [-0.05, 0) is 46.6 Å². The average Bonchev–Trinajstić information content (AvgIpc) is 3.17. The van der Waals surface area contributed by atoms with Crippen LogP contribution in [-0.4, -0.2) is 30.0 Å². The number of alkyl halides is 3. The van der Waals surface area contributed by atoms with Gasteiger partial charge in [0.25, 0.3) is 0 Å². The summed E-state index contributed by atoms with van der Waals surface area (Å²) >= 11 is 0. The molecule has 3 nitrogen and oxygen atoms in total. The van der Waals surface area contributed by atoms with Gasteiger partial charge in [-0.1, -0.05) is 6.07 Å².